The van der Waals surface area contributed by atoms with Gasteiger partial charge in [-0.1, -0.05) is 6.92 Å². The Morgan fingerprint density at radius 3 is 2.56 bits per heavy atom. The highest BCUT2D eigenvalue weighted by atomic mass is 31.2. The van der Waals surface area contributed by atoms with Crippen molar-refractivity contribution >= 4 is 7.49 Å². The van der Waals surface area contributed by atoms with Gasteiger partial charge in [-0.2, -0.15) is 0 Å². The molecule has 1 N–H and O–H groups in total. The van der Waals surface area contributed by atoms with Crippen LogP contribution in [0.25, 0.3) is 0 Å². The van der Waals surface area contributed by atoms with Gasteiger partial charge >= 0.3 is 0 Å². The molecule has 2 atom stereocenters. The lowest BCUT2D eigenvalue weighted by molar-refractivity contribution is 0.602. The van der Waals surface area contributed by atoms with Crippen LogP contribution in [0.15, 0.2) is 0 Å². The molecule has 0 saturated carbocycles. The molecule has 1 aliphatic heterocycles. The second-order valence-corrected chi connectivity index (χ2v) is 6.85. The Morgan fingerprint density at radius 2 is 2.33 bits per heavy atom. The highest BCUT2D eigenvalue weighted by Crippen LogP contribution is 2.60. The molecule has 0 aromatic heterocycles. The molecule has 1 saturated heterocycles. The monoisotopic (exact) mass is 147 g/mol. The van der Waals surface area contributed by atoms with Crippen LogP contribution in [-0.4, -0.2) is 23.4 Å². The van der Waals surface area contributed by atoms with E-state index in [1.54, 1.807) is 0 Å². The quantitative estimate of drug-likeness (QED) is 0.562. The van der Waals surface area contributed by atoms with E-state index in [4.69, 9.17) is 0 Å². The molecule has 0 spiro atoms. The van der Waals surface area contributed by atoms with Crippen LogP contribution < -0.4 is 0 Å². The molecular weight excluding hydrogens is 131 g/mol. The van der Waals surface area contributed by atoms with Gasteiger partial charge in [-0.3, -0.25) is 4.89 Å². The van der Waals surface area contributed by atoms with Gasteiger partial charge in [0, 0.05) is 0 Å². The molecule has 0 bridgehead atoms. The van der Waals surface area contributed by atoms with E-state index in [2.05, 4.69) is 13.8 Å². The Kier molecular flexibility index (Phi) is 2.13. The predicted molar refractivity (Wildman–Crippen MR) is 43.2 cm³/mol. The van der Waals surface area contributed by atoms with Gasteiger partial charge in [0.2, 0.25) is 0 Å². The van der Waals surface area contributed by atoms with Crippen LogP contribution in [0, 0.1) is 5.92 Å². The summed E-state index contributed by atoms with van der Waals surface area (Å²) < 4.78 is 0. The summed E-state index contributed by atoms with van der Waals surface area (Å²) in [5.74, 6) is 0.795. The number of rotatable bonds is 1. The third-order valence-corrected chi connectivity index (χ3v) is 5.85. The van der Waals surface area contributed by atoms with Crippen LogP contribution in [0.3, 0.4) is 0 Å². The van der Waals surface area contributed by atoms with Crippen molar-refractivity contribution in [1.82, 2.24) is 0 Å². The van der Waals surface area contributed by atoms with Crippen molar-refractivity contribution in [3.8, 4) is 0 Å². The molecule has 54 valence electrons. The molecular formula is C7H16OP+. The van der Waals surface area contributed by atoms with Gasteiger partial charge in [-0.05, 0) is 19.3 Å². The average Bonchev–Trinajstić information content (AvgIpc) is 2.13. The maximum atomic E-state index is 9.78. The first-order valence-corrected chi connectivity index (χ1v) is 6.05. The Balaban J connectivity index is 2.45. The summed E-state index contributed by atoms with van der Waals surface area (Å²) in [6.45, 7) is 4.36. The molecule has 1 nitrogen and oxygen atoms in total. The predicted octanol–water partition coefficient (Wildman–Crippen LogP) is 1.97. The second-order valence-electron chi connectivity index (χ2n) is 3.21. The summed E-state index contributed by atoms with van der Waals surface area (Å²) in [5.41, 5.74) is 0. The fraction of sp³-hybridized carbons (Fsp3) is 1.00. The van der Waals surface area contributed by atoms with Gasteiger partial charge in [0.15, 0.2) is 0 Å². The molecule has 0 amide bonds. The fourth-order valence-corrected chi connectivity index (χ4v) is 4.53. The standard InChI is InChI=1S/C7H16OP/c1-3-9(8)5-4-7(2)6-9/h7-8H,3-6H2,1-2H3/q+1. The summed E-state index contributed by atoms with van der Waals surface area (Å²) >= 11 is 0. The summed E-state index contributed by atoms with van der Waals surface area (Å²) in [6, 6.07) is 0. The van der Waals surface area contributed by atoms with Crippen LogP contribution in [-0.2, 0) is 0 Å². The Hall–Kier alpha value is 0.390. The maximum absolute atomic E-state index is 9.78. The molecule has 0 radical (unpaired) electrons. The van der Waals surface area contributed by atoms with Crippen LogP contribution in [0.1, 0.15) is 20.3 Å². The molecule has 1 rings (SSSR count). The minimum absolute atomic E-state index is 0.795. The number of hydrogen-bond acceptors (Lipinski definition) is 1. The van der Waals surface area contributed by atoms with Crippen molar-refractivity contribution < 1.29 is 4.89 Å². The minimum Gasteiger partial charge on any atom is -0.252 e. The summed E-state index contributed by atoms with van der Waals surface area (Å²) in [7, 11) is -1.36. The Labute approximate surface area is 57.9 Å². The second kappa shape index (κ2) is 2.56. The van der Waals surface area contributed by atoms with Gasteiger partial charge in [0.05, 0.1) is 18.5 Å². The Bertz CT molecular complexity index is 105. The molecule has 1 aliphatic rings. The minimum atomic E-state index is -1.36. The van der Waals surface area contributed by atoms with Crippen LogP contribution in [0.4, 0.5) is 0 Å². The normalized spacial score (nSPS) is 43.7. The van der Waals surface area contributed by atoms with Crippen molar-refractivity contribution in [2.45, 2.75) is 20.3 Å². The lowest BCUT2D eigenvalue weighted by Gasteiger charge is -2.09. The number of hydrogen-bond donors (Lipinski definition) is 1. The van der Waals surface area contributed by atoms with E-state index >= 15 is 0 Å². The zero-order chi connectivity index (χ0) is 6.91. The van der Waals surface area contributed by atoms with E-state index < -0.39 is 7.49 Å². The van der Waals surface area contributed by atoms with Crippen molar-refractivity contribution in [3.63, 3.8) is 0 Å². The van der Waals surface area contributed by atoms with Crippen LogP contribution >= 0.6 is 7.49 Å². The lowest BCUT2D eigenvalue weighted by Crippen LogP contribution is -1.97. The highest BCUT2D eigenvalue weighted by Gasteiger charge is 2.41. The van der Waals surface area contributed by atoms with Gasteiger partial charge in [-0.15, -0.1) is 0 Å². The molecule has 0 aliphatic carbocycles. The van der Waals surface area contributed by atoms with Crippen LogP contribution in [0.2, 0.25) is 0 Å². The maximum Gasteiger partial charge on any atom is 0.142 e. The average molecular weight is 147 g/mol. The van der Waals surface area contributed by atoms with Crippen molar-refractivity contribution in [2.24, 2.45) is 5.92 Å². The molecule has 1 heterocycles. The zero-order valence-electron chi connectivity index (χ0n) is 6.30. The highest BCUT2D eigenvalue weighted by molar-refractivity contribution is 7.70. The molecule has 9 heavy (non-hydrogen) atoms. The molecule has 0 aromatic carbocycles. The fourth-order valence-electron chi connectivity index (χ4n) is 1.51. The van der Waals surface area contributed by atoms with E-state index in [-0.39, 0.29) is 0 Å². The van der Waals surface area contributed by atoms with Gasteiger partial charge in [-0.25, -0.2) is 0 Å². The van der Waals surface area contributed by atoms with Crippen LogP contribution in [0.5, 0.6) is 0 Å². The Morgan fingerprint density at radius 1 is 1.67 bits per heavy atom. The van der Waals surface area contributed by atoms with Crippen molar-refractivity contribution in [2.75, 3.05) is 18.5 Å². The molecule has 1 fully saturated rings. The summed E-state index contributed by atoms with van der Waals surface area (Å²) in [4.78, 5) is 9.78. The SMILES string of the molecule is CC[P+]1(O)CCC(C)C1. The van der Waals surface area contributed by atoms with Gasteiger partial charge in [0.1, 0.15) is 7.49 Å². The third-order valence-electron chi connectivity index (χ3n) is 2.28. The van der Waals surface area contributed by atoms with E-state index in [1.165, 1.54) is 6.42 Å². The summed E-state index contributed by atoms with van der Waals surface area (Å²) in [6.07, 6.45) is 4.56. The third kappa shape index (κ3) is 1.65. The zero-order valence-corrected chi connectivity index (χ0v) is 7.19. The van der Waals surface area contributed by atoms with Crippen molar-refractivity contribution in [1.29, 1.82) is 0 Å². The van der Waals surface area contributed by atoms with Gasteiger partial charge < -0.3 is 0 Å². The molecule has 2 heteroatoms. The van der Waals surface area contributed by atoms with Gasteiger partial charge in [0.25, 0.3) is 0 Å². The van der Waals surface area contributed by atoms with E-state index in [1.807, 2.05) is 0 Å². The first kappa shape index (κ1) is 7.50. The van der Waals surface area contributed by atoms with E-state index in [0.29, 0.717) is 0 Å². The molecule has 2 unspecified atom stereocenters. The van der Waals surface area contributed by atoms with E-state index in [0.717, 1.165) is 24.4 Å². The smallest absolute Gasteiger partial charge is 0.142 e. The first-order chi connectivity index (χ1) is 4.16. The lowest BCUT2D eigenvalue weighted by atomic mass is 10.2. The largest absolute Gasteiger partial charge is 0.252 e. The van der Waals surface area contributed by atoms with Crippen molar-refractivity contribution in [3.05, 3.63) is 0 Å². The summed E-state index contributed by atoms with van der Waals surface area (Å²) in [5, 5.41) is 0. The first-order valence-electron chi connectivity index (χ1n) is 3.75. The van der Waals surface area contributed by atoms with E-state index in [9.17, 15) is 4.89 Å². The topological polar surface area (TPSA) is 20.2 Å². The molecule has 0 aromatic rings.